The molecule has 2 aromatic carbocycles. The van der Waals surface area contributed by atoms with E-state index in [1.165, 1.54) is 0 Å². The van der Waals surface area contributed by atoms with Crippen molar-refractivity contribution in [2.45, 2.75) is 33.8 Å². The first-order chi connectivity index (χ1) is 12.8. The third kappa shape index (κ3) is 6.18. The number of halogens is 1. The van der Waals surface area contributed by atoms with Crippen molar-refractivity contribution in [2.75, 3.05) is 6.61 Å². The van der Waals surface area contributed by atoms with E-state index in [2.05, 4.69) is 10.9 Å². The number of carbonyl (C=O) groups excluding carboxylic acids is 2. The molecule has 0 saturated carbocycles. The van der Waals surface area contributed by atoms with Gasteiger partial charge in [-0.25, -0.2) is 0 Å². The Labute approximate surface area is 163 Å². The van der Waals surface area contributed by atoms with E-state index in [1.54, 1.807) is 25.1 Å². The molecule has 144 valence electrons. The molecule has 0 aliphatic heterocycles. The first kappa shape index (κ1) is 20.6. The minimum Gasteiger partial charge on any atom is -0.484 e. The SMILES string of the molecule is Cc1ccc(C)c(OC(C)C(=O)NNC(=O)COc2ccc(Cl)c(C)c2)c1. The summed E-state index contributed by atoms with van der Waals surface area (Å²) in [5.41, 5.74) is 7.44. The summed E-state index contributed by atoms with van der Waals surface area (Å²) < 4.78 is 11.0. The van der Waals surface area contributed by atoms with Gasteiger partial charge < -0.3 is 9.47 Å². The van der Waals surface area contributed by atoms with Crippen molar-refractivity contribution < 1.29 is 19.1 Å². The van der Waals surface area contributed by atoms with Crippen LogP contribution in [0.2, 0.25) is 5.02 Å². The number of nitrogens with one attached hydrogen (secondary N) is 2. The Bertz CT molecular complexity index is 839. The molecule has 2 N–H and O–H groups in total. The van der Waals surface area contributed by atoms with Crippen LogP contribution in [0.5, 0.6) is 11.5 Å². The van der Waals surface area contributed by atoms with E-state index in [9.17, 15) is 9.59 Å². The lowest BCUT2D eigenvalue weighted by Crippen LogP contribution is -2.48. The summed E-state index contributed by atoms with van der Waals surface area (Å²) in [4.78, 5) is 23.9. The Hall–Kier alpha value is -2.73. The molecule has 0 fully saturated rings. The van der Waals surface area contributed by atoms with E-state index in [-0.39, 0.29) is 6.61 Å². The fourth-order valence-corrected chi connectivity index (χ4v) is 2.32. The first-order valence-electron chi connectivity index (χ1n) is 8.48. The van der Waals surface area contributed by atoms with Crippen LogP contribution < -0.4 is 20.3 Å². The molecule has 0 bridgehead atoms. The van der Waals surface area contributed by atoms with Crippen LogP contribution in [0.4, 0.5) is 0 Å². The van der Waals surface area contributed by atoms with Gasteiger partial charge >= 0.3 is 0 Å². The molecule has 6 nitrogen and oxygen atoms in total. The fourth-order valence-electron chi connectivity index (χ4n) is 2.20. The highest BCUT2D eigenvalue weighted by Gasteiger charge is 2.16. The third-order valence-corrected chi connectivity index (χ3v) is 4.27. The summed E-state index contributed by atoms with van der Waals surface area (Å²) in [7, 11) is 0. The van der Waals surface area contributed by atoms with Crippen LogP contribution in [0, 0.1) is 20.8 Å². The van der Waals surface area contributed by atoms with Crippen LogP contribution in [0.3, 0.4) is 0 Å². The number of rotatable bonds is 6. The van der Waals surface area contributed by atoms with Gasteiger partial charge in [-0.2, -0.15) is 0 Å². The molecule has 2 aromatic rings. The summed E-state index contributed by atoms with van der Waals surface area (Å²) in [6, 6.07) is 10.8. The molecule has 1 unspecified atom stereocenters. The third-order valence-electron chi connectivity index (χ3n) is 3.84. The molecule has 0 radical (unpaired) electrons. The molecule has 0 heterocycles. The second-order valence-electron chi connectivity index (χ2n) is 6.27. The predicted molar refractivity (Wildman–Crippen MR) is 104 cm³/mol. The van der Waals surface area contributed by atoms with Gasteiger partial charge in [0.05, 0.1) is 0 Å². The largest absolute Gasteiger partial charge is 0.484 e. The fraction of sp³-hybridized carbons (Fsp3) is 0.300. The molecule has 2 rings (SSSR count). The average molecular weight is 391 g/mol. The van der Waals surface area contributed by atoms with Gasteiger partial charge in [0.1, 0.15) is 11.5 Å². The highest BCUT2D eigenvalue weighted by molar-refractivity contribution is 6.31. The van der Waals surface area contributed by atoms with Crippen LogP contribution >= 0.6 is 11.6 Å². The molecular weight excluding hydrogens is 368 g/mol. The topological polar surface area (TPSA) is 76.7 Å². The van der Waals surface area contributed by atoms with Gasteiger partial charge in [0, 0.05) is 5.02 Å². The second-order valence-corrected chi connectivity index (χ2v) is 6.67. The lowest BCUT2D eigenvalue weighted by atomic mass is 10.1. The molecule has 0 saturated heterocycles. The number of benzene rings is 2. The number of amides is 2. The van der Waals surface area contributed by atoms with Crippen molar-refractivity contribution in [1.29, 1.82) is 0 Å². The molecule has 7 heteroatoms. The standard InChI is InChI=1S/C20H23ClN2O4/c1-12-5-6-13(2)18(9-12)27-15(4)20(25)23-22-19(24)11-26-16-7-8-17(21)14(3)10-16/h5-10,15H,11H2,1-4H3,(H,22,24)(H,23,25). The summed E-state index contributed by atoms with van der Waals surface area (Å²) in [5, 5.41) is 0.622. The smallest absolute Gasteiger partial charge is 0.279 e. The molecule has 27 heavy (non-hydrogen) atoms. The minimum atomic E-state index is -0.773. The molecule has 0 aliphatic rings. The summed E-state index contributed by atoms with van der Waals surface area (Å²) in [6.07, 6.45) is -0.773. The summed E-state index contributed by atoms with van der Waals surface area (Å²) in [5.74, 6) is 0.192. The van der Waals surface area contributed by atoms with E-state index in [0.717, 1.165) is 16.7 Å². The lowest BCUT2D eigenvalue weighted by molar-refractivity contribution is -0.133. The van der Waals surface area contributed by atoms with Crippen molar-refractivity contribution >= 4 is 23.4 Å². The van der Waals surface area contributed by atoms with Gasteiger partial charge in [-0.3, -0.25) is 20.4 Å². The van der Waals surface area contributed by atoms with Crippen LogP contribution in [0.25, 0.3) is 0 Å². The Morgan fingerprint density at radius 1 is 1.04 bits per heavy atom. The second kappa shape index (κ2) is 9.28. The van der Waals surface area contributed by atoms with Crippen LogP contribution in [-0.4, -0.2) is 24.5 Å². The Morgan fingerprint density at radius 2 is 1.78 bits per heavy atom. The maximum Gasteiger partial charge on any atom is 0.279 e. The Morgan fingerprint density at radius 3 is 2.48 bits per heavy atom. The van der Waals surface area contributed by atoms with E-state index in [0.29, 0.717) is 16.5 Å². The van der Waals surface area contributed by atoms with E-state index < -0.39 is 17.9 Å². The van der Waals surface area contributed by atoms with Gasteiger partial charge in [0.15, 0.2) is 12.7 Å². The monoisotopic (exact) mass is 390 g/mol. The van der Waals surface area contributed by atoms with Crippen molar-refractivity contribution in [3.63, 3.8) is 0 Å². The quantitative estimate of drug-likeness (QED) is 0.742. The Balaban J connectivity index is 1.79. The minimum absolute atomic E-state index is 0.242. The molecule has 0 aromatic heterocycles. The maximum absolute atomic E-state index is 12.1. The van der Waals surface area contributed by atoms with E-state index >= 15 is 0 Å². The lowest BCUT2D eigenvalue weighted by Gasteiger charge is -2.17. The Kier molecular flexibility index (Phi) is 7.07. The van der Waals surface area contributed by atoms with E-state index in [1.807, 2.05) is 39.0 Å². The molecule has 2 amide bonds. The van der Waals surface area contributed by atoms with Gasteiger partial charge in [-0.1, -0.05) is 23.7 Å². The van der Waals surface area contributed by atoms with Gasteiger partial charge in [0.2, 0.25) is 0 Å². The summed E-state index contributed by atoms with van der Waals surface area (Å²) in [6.45, 7) is 7.05. The normalized spacial score (nSPS) is 11.4. The number of carbonyl (C=O) groups is 2. The molecule has 0 spiro atoms. The van der Waals surface area contributed by atoms with Crippen molar-refractivity contribution in [3.05, 3.63) is 58.1 Å². The predicted octanol–water partition coefficient (Wildman–Crippen LogP) is 3.26. The van der Waals surface area contributed by atoms with Crippen LogP contribution in [0.1, 0.15) is 23.6 Å². The number of hydrogen-bond acceptors (Lipinski definition) is 4. The van der Waals surface area contributed by atoms with E-state index in [4.69, 9.17) is 21.1 Å². The number of hydrazine groups is 1. The molecular formula is C20H23ClN2O4. The van der Waals surface area contributed by atoms with Crippen LogP contribution in [0.15, 0.2) is 36.4 Å². The first-order valence-corrected chi connectivity index (χ1v) is 8.85. The number of hydrogen-bond donors (Lipinski definition) is 2. The zero-order valence-corrected chi connectivity index (χ0v) is 16.5. The zero-order valence-electron chi connectivity index (χ0n) is 15.8. The average Bonchev–Trinajstić information content (AvgIpc) is 2.63. The number of ether oxygens (including phenoxy) is 2. The number of aryl methyl sites for hydroxylation is 3. The highest BCUT2D eigenvalue weighted by Crippen LogP contribution is 2.21. The van der Waals surface area contributed by atoms with Crippen molar-refractivity contribution in [2.24, 2.45) is 0 Å². The molecule has 1 atom stereocenters. The highest BCUT2D eigenvalue weighted by atomic mass is 35.5. The van der Waals surface area contributed by atoms with Gasteiger partial charge in [-0.15, -0.1) is 0 Å². The maximum atomic E-state index is 12.1. The summed E-state index contributed by atoms with van der Waals surface area (Å²) >= 11 is 5.94. The van der Waals surface area contributed by atoms with Crippen molar-refractivity contribution in [3.8, 4) is 11.5 Å². The van der Waals surface area contributed by atoms with Crippen LogP contribution in [-0.2, 0) is 9.59 Å². The van der Waals surface area contributed by atoms with Gasteiger partial charge in [0.25, 0.3) is 11.8 Å². The zero-order chi connectivity index (χ0) is 20.0. The van der Waals surface area contributed by atoms with Gasteiger partial charge in [-0.05, 0) is 68.7 Å². The molecule has 0 aliphatic carbocycles. The van der Waals surface area contributed by atoms with Crippen molar-refractivity contribution in [1.82, 2.24) is 10.9 Å².